The van der Waals surface area contributed by atoms with E-state index in [0.717, 1.165) is 0 Å². The summed E-state index contributed by atoms with van der Waals surface area (Å²) < 4.78 is 18.0. The number of para-hydroxylation sites is 1. The van der Waals surface area contributed by atoms with Gasteiger partial charge in [0.15, 0.2) is 0 Å². The first kappa shape index (κ1) is 16.6. The number of benzene rings is 2. The number of anilines is 1. The zero-order valence-electron chi connectivity index (χ0n) is 13.4. The van der Waals surface area contributed by atoms with E-state index in [0.29, 0.717) is 11.3 Å². The first-order valence-corrected chi connectivity index (χ1v) is 7.45. The van der Waals surface area contributed by atoms with Gasteiger partial charge in [-0.1, -0.05) is 30.8 Å². The smallest absolute Gasteiger partial charge is 0.335 e. The Hall–Kier alpha value is -3.28. The van der Waals surface area contributed by atoms with Crippen LogP contribution in [0.1, 0.15) is 22.0 Å². The van der Waals surface area contributed by atoms with Crippen LogP contribution in [-0.4, -0.2) is 24.8 Å². The summed E-state index contributed by atoms with van der Waals surface area (Å²) in [6, 6.07) is 10.8. The van der Waals surface area contributed by atoms with Crippen molar-refractivity contribution in [2.24, 2.45) is 0 Å². The number of hydrogen-bond donors (Lipinski definition) is 0. The van der Waals surface area contributed by atoms with Crippen LogP contribution in [0.3, 0.4) is 0 Å². The molecule has 0 spiro atoms. The van der Waals surface area contributed by atoms with Gasteiger partial charge >= 0.3 is 5.97 Å². The number of nitrogens with zero attached hydrogens (tertiary/aromatic N) is 1. The summed E-state index contributed by atoms with van der Waals surface area (Å²) in [4.78, 5) is 38.1. The highest BCUT2D eigenvalue weighted by Gasteiger charge is 2.42. The molecule has 0 bridgehead atoms. The number of fused-ring (bicyclic) bond motifs is 1. The number of rotatable bonds is 4. The second-order valence-corrected chi connectivity index (χ2v) is 5.49. The number of amides is 1. The van der Waals surface area contributed by atoms with Gasteiger partial charge in [0, 0.05) is 0 Å². The predicted molar refractivity (Wildman–Crippen MR) is 88.6 cm³/mol. The van der Waals surface area contributed by atoms with Gasteiger partial charge in [0.2, 0.25) is 0 Å². The maximum absolute atomic E-state index is 13.3. The molecule has 1 aliphatic heterocycles. The molecule has 1 aliphatic rings. The van der Waals surface area contributed by atoms with Gasteiger partial charge in [0.05, 0.1) is 30.0 Å². The highest BCUT2D eigenvalue weighted by molar-refractivity contribution is 6.52. The fourth-order valence-electron chi connectivity index (χ4n) is 2.86. The van der Waals surface area contributed by atoms with Crippen molar-refractivity contribution in [2.75, 3.05) is 12.0 Å². The molecule has 3 rings (SSSR count). The topological polar surface area (TPSA) is 63.7 Å². The number of carbonyl (C=O) groups excluding carboxylic acids is 3. The van der Waals surface area contributed by atoms with Crippen molar-refractivity contribution >= 4 is 23.3 Å². The number of methoxy groups -OCH3 is 1. The molecule has 1 amide bonds. The SMILES string of the molecule is C=C(C(=O)OC)[C@H](c1ccc(F)cc1)N1C(=O)C(=O)c2ccccc21. The van der Waals surface area contributed by atoms with Crippen molar-refractivity contribution in [2.45, 2.75) is 6.04 Å². The minimum absolute atomic E-state index is 0.0352. The Morgan fingerprint density at radius 3 is 2.40 bits per heavy atom. The van der Waals surface area contributed by atoms with Gasteiger partial charge in [-0.2, -0.15) is 0 Å². The third-order valence-electron chi connectivity index (χ3n) is 4.04. The number of Topliss-reactive ketones (excluding diaryl/α,β-unsaturated/α-hetero) is 1. The van der Waals surface area contributed by atoms with Crippen LogP contribution >= 0.6 is 0 Å². The van der Waals surface area contributed by atoms with Crippen LogP contribution < -0.4 is 4.90 Å². The maximum atomic E-state index is 13.3. The van der Waals surface area contributed by atoms with E-state index in [1.807, 2.05) is 0 Å². The van der Waals surface area contributed by atoms with Crippen molar-refractivity contribution in [3.05, 3.63) is 77.6 Å². The van der Waals surface area contributed by atoms with Gasteiger partial charge in [-0.15, -0.1) is 0 Å². The minimum atomic E-state index is -0.979. The van der Waals surface area contributed by atoms with Crippen LogP contribution in [0.4, 0.5) is 10.1 Å². The predicted octanol–water partition coefficient (Wildman–Crippen LogP) is 2.83. The molecule has 0 saturated heterocycles. The molecule has 0 radical (unpaired) electrons. The van der Waals surface area contributed by atoms with Crippen molar-refractivity contribution < 1.29 is 23.5 Å². The lowest BCUT2D eigenvalue weighted by molar-refractivity contribution is -0.136. The Kier molecular flexibility index (Phi) is 4.19. The summed E-state index contributed by atoms with van der Waals surface area (Å²) in [6.45, 7) is 3.73. The van der Waals surface area contributed by atoms with Crippen molar-refractivity contribution in [1.29, 1.82) is 0 Å². The van der Waals surface area contributed by atoms with Crippen LogP contribution in [0, 0.1) is 5.82 Å². The molecule has 126 valence electrons. The van der Waals surface area contributed by atoms with E-state index >= 15 is 0 Å². The molecule has 6 heteroatoms. The highest BCUT2D eigenvalue weighted by Crippen LogP contribution is 2.39. The van der Waals surface area contributed by atoms with Crippen molar-refractivity contribution in [3.63, 3.8) is 0 Å². The van der Waals surface area contributed by atoms with Crippen molar-refractivity contribution in [3.8, 4) is 0 Å². The maximum Gasteiger partial charge on any atom is 0.335 e. The third-order valence-corrected chi connectivity index (χ3v) is 4.04. The molecule has 0 aromatic heterocycles. The lowest BCUT2D eigenvalue weighted by Gasteiger charge is -2.29. The molecule has 2 aromatic rings. The minimum Gasteiger partial charge on any atom is -0.466 e. The van der Waals surface area contributed by atoms with Gasteiger partial charge in [-0.05, 0) is 29.8 Å². The van der Waals surface area contributed by atoms with Gasteiger partial charge in [0.25, 0.3) is 11.7 Å². The normalized spacial score (nSPS) is 14.2. The number of carbonyl (C=O) groups is 3. The molecule has 1 heterocycles. The third kappa shape index (κ3) is 2.71. The van der Waals surface area contributed by atoms with Crippen LogP contribution in [0.15, 0.2) is 60.7 Å². The van der Waals surface area contributed by atoms with Gasteiger partial charge in [-0.25, -0.2) is 9.18 Å². The van der Waals surface area contributed by atoms with Crippen molar-refractivity contribution in [1.82, 2.24) is 0 Å². The average Bonchev–Trinajstić information content (AvgIpc) is 2.88. The lowest BCUT2D eigenvalue weighted by atomic mass is 9.97. The quantitative estimate of drug-likeness (QED) is 0.488. The number of ketones is 1. The second-order valence-electron chi connectivity index (χ2n) is 5.49. The Morgan fingerprint density at radius 1 is 1.12 bits per heavy atom. The molecule has 0 aliphatic carbocycles. The molecule has 1 atom stereocenters. The Bertz CT molecular complexity index is 889. The first-order chi connectivity index (χ1) is 12.0. The molecule has 0 saturated carbocycles. The van der Waals surface area contributed by atoms with Gasteiger partial charge < -0.3 is 4.74 Å². The molecule has 0 N–H and O–H groups in total. The molecule has 2 aromatic carbocycles. The van der Waals surface area contributed by atoms with E-state index in [9.17, 15) is 18.8 Å². The monoisotopic (exact) mass is 339 g/mol. The fraction of sp³-hybridized carbons (Fsp3) is 0.105. The zero-order chi connectivity index (χ0) is 18.1. The van der Waals surface area contributed by atoms with Gasteiger partial charge in [-0.3, -0.25) is 14.5 Å². The van der Waals surface area contributed by atoms with E-state index in [4.69, 9.17) is 4.74 Å². The molecular weight excluding hydrogens is 325 g/mol. The average molecular weight is 339 g/mol. The van der Waals surface area contributed by atoms with E-state index in [-0.39, 0.29) is 11.1 Å². The molecule has 25 heavy (non-hydrogen) atoms. The van der Waals surface area contributed by atoms with E-state index in [1.165, 1.54) is 42.3 Å². The summed E-state index contributed by atoms with van der Waals surface area (Å²) >= 11 is 0. The van der Waals surface area contributed by atoms with Crippen LogP contribution in [0.25, 0.3) is 0 Å². The molecule has 0 fully saturated rings. The summed E-state index contributed by atoms with van der Waals surface area (Å²) in [5.74, 6) is -2.63. The molecule has 5 nitrogen and oxygen atoms in total. The van der Waals surface area contributed by atoms with Crippen LogP contribution in [-0.2, 0) is 14.3 Å². The Labute approximate surface area is 143 Å². The first-order valence-electron chi connectivity index (χ1n) is 7.45. The van der Waals surface area contributed by atoms with E-state index in [1.54, 1.807) is 18.2 Å². The summed E-state index contributed by atoms with van der Waals surface area (Å²) in [6.07, 6.45) is 0. The Morgan fingerprint density at radius 2 is 1.76 bits per heavy atom. The fourth-order valence-corrected chi connectivity index (χ4v) is 2.86. The molecule has 0 unspecified atom stereocenters. The van der Waals surface area contributed by atoms with Crippen LogP contribution in [0.5, 0.6) is 0 Å². The molecular formula is C19H14FNO4. The standard InChI is InChI=1S/C19H14FNO4/c1-11(19(24)25-2)16(12-7-9-13(20)10-8-12)21-15-6-4-3-5-14(15)17(22)18(21)23/h3-10,16H,1H2,2H3/t16-/m1/s1. The zero-order valence-corrected chi connectivity index (χ0v) is 13.4. The van der Waals surface area contributed by atoms with E-state index in [2.05, 4.69) is 6.58 Å². The number of hydrogen-bond acceptors (Lipinski definition) is 4. The highest BCUT2D eigenvalue weighted by atomic mass is 19.1. The summed E-state index contributed by atoms with van der Waals surface area (Å²) in [7, 11) is 1.19. The Balaban J connectivity index is 2.16. The lowest BCUT2D eigenvalue weighted by Crippen LogP contribution is -2.36. The second kappa shape index (κ2) is 6.32. The van der Waals surface area contributed by atoms with Gasteiger partial charge in [0.1, 0.15) is 5.82 Å². The van der Waals surface area contributed by atoms with E-state index < -0.39 is 29.5 Å². The summed E-state index contributed by atoms with van der Waals surface area (Å²) in [5, 5.41) is 0. The summed E-state index contributed by atoms with van der Waals surface area (Å²) in [5.41, 5.74) is 1.02. The van der Waals surface area contributed by atoms with Crippen LogP contribution in [0.2, 0.25) is 0 Å². The largest absolute Gasteiger partial charge is 0.466 e. The number of esters is 1. The number of ether oxygens (including phenoxy) is 1. The number of halogens is 1.